The molecule has 0 aliphatic heterocycles. The minimum atomic E-state index is -2.96. The first kappa shape index (κ1) is 9.80. The first-order chi connectivity index (χ1) is 5.49. The Balaban J connectivity index is 2.83. The van der Waals surface area contributed by atoms with Gasteiger partial charge in [-0.05, 0) is 23.9 Å². The molecule has 66 valence electrons. The highest BCUT2D eigenvalue weighted by Crippen LogP contribution is 2.42. The SMILES string of the molecule is Nc1ccccc1SC(F)(F)Br. The molecule has 0 saturated heterocycles. The summed E-state index contributed by atoms with van der Waals surface area (Å²) in [6.45, 7) is 0. The molecule has 1 nitrogen and oxygen atoms in total. The van der Waals surface area contributed by atoms with Crippen molar-refractivity contribution in [2.75, 3.05) is 5.73 Å². The van der Waals surface area contributed by atoms with E-state index in [4.69, 9.17) is 5.73 Å². The molecule has 5 heteroatoms. The molecule has 0 radical (unpaired) electrons. The van der Waals surface area contributed by atoms with Crippen LogP contribution in [0.5, 0.6) is 0 Å². The van der Waals surface area contributed by atoms with Crippen LogP contribution in [-0.2, 0) is 0 Å². The van der Waals surface area contributed by atoms with Crippen LogP contribution in [0.1, 0.15) is 0 Å². The fourth-order valence-electron chi connectivity index (χ4n) is 0.698. The summed E-state index contributed by atoms with van der Waals surface area (Å²) >= 11 is 2.61. The number of thioether (sulfide) groups is 1. The summed E-state index contributed by atoms with van der Waals surface area (Å²) in [5.74, 6) is 0. The summed E-state index contributed by atoms with van der Waals surface area (Å²) < 4.78 is 21.9. The van der Waals surface area contributed by atoms with E-state index in [1.54, 1.807) is 24.3 Å². The molecule has 0 unspecified atom stereocenters. The first-order valence-corrected chi connectivity index (χ1v) is 4.70. The molecule has 1 aromatic carbocycles. The van der Waals surface area contributed by atoms with Gasteiger partial charge in [0.05, 0.1) is 0 Å². The summed E-state index contributed by atoms with van der Waals surface area (Å²) in [6.07, 6.45) is 0. The molecule has 1 rings (SSSR count). The zero-order chi connectivity index (χ0) is 9.19. The Morgan fingerprint density at radius 1 is 1.33 bits per heavy atom. The van der Waals surface area contributed by atoms with Crippen LogP contribution >= 0.6 is 27.7 Å². The van der Waals surface area contributed by atoms with E-state index < -0.39 is 4.16 Å². The summed E-state index contributed by atoms with van der Waals surface area (Å²) in [4.78, 5) is 0.374. The molecule has 0 spiro atoms. The fraction of sp³-hybridized carbons (Fsp3) is 0.143. The Labute approximate surface area is 81.5 Å². The van der Waals surface area contributed by atoms with Crippen molar-refractivity contribution >= 4 is 33.4 Å². The number of para-hydroxylation sites is 1. The number of halogens is 3. The minimum absolute atomic E-state index is 0.363. The highest BCUT2D eigenvalue weighted by Gasteiger charge is 2.26. The number of rotatable bonds is 2. The number of alkyl halides is 3. The second-order valence-electron chi connectivity index (χ2n) is 2.09. The topological polar surface area (TPSA) is 26.0 Å². The number of nitrogen functional groups attached to an aromatic ring is 1. The molecule has 0 fully saturated rings. The van der Waals surface area contributed by atoms with Gasteiger partial charge in [-0.15, -0.1) is 0 Å². The van der Waals surface area contributed by atoms with E-state index in [2.05, 4.69) is 15.9 Å². The van der Waals surface area contributed by atoms with Crippen molar-refractivity contribution in [3.05, 3.63) is 24.3 Å². The number of hydrogen-bond acceptors (Lipinski definition) is 2. The summed E-state index contributed by atoms with van der Waals surface area (Å²) in [7, 11) is 0. The lowest BCUT2D eigenvalue weighted by Crippen LogP contribution is -1.98. The molecule has 0 aliphatic carbocycles. The molecular formula is C7H6BrF2NS. The van der Waals surface area contributed by atoms with Crippen molar-refractivity contribution < 1.29 is 8.78 Å². The minimum Gasteiger partial charge on any atom is -0.398 e. The van der Waals surface area contributed by atoms with Gasteiger partial charge in [0.15, 0.2) is 0 Å². The van der Waals surface area contributed by atoms with Gasteiger partial charge in [0.25, 0.3) is 0 Å². The normalized spacial score (nSPS) is 11.6. The molecular weight excluding hydrogens is 248 g/mol. The number of nitrogens with two attached hydrogens (primary N) is 1. The van der Waals surface area contributed by atoms with E-state index >= 15 is 0 Å². The molecule has 0 saturated carbocycles. The van der Waals surface area contributed by atoms with E-state index in [1.165, 1.54) is 0 Å². The monoisotopic (exact) mass is 253 g/mol. The second-order valence-corrected chi connectivity index (χ2v) is 4.76. The molecule has 0 heterocycles. The van der Waals surface area contributed by atoms with Gasteiger partial charge in [-0.2, -0.15) is 8.78 Å². The van der Waals surface area contributed by atoms with E-state index in [0.29, 0.717) is 22.3 Å². The Bertz CT molecular complexity index is 274. The Hall–Kier alpha value is -0.290. The van der Waals surface area contributed by atoms with Crippen LogP contribution in [0.3, 0.4) is 0 Å². The van der Waals surface area contributed by atoms with Crippen LogP contribution in [0.2, 0.25) is 0 Å². The fourth-order valence-corrected chi connectivity index (χ4v) is 1.80. The summed E-state index contributed by atoms with van der Waals surface area (Å²) in [5, 5.41) is 0. The molecule has 1 aromatic rings. The van der Waals surface area contributed by atoms with Gasteiger partial charge < -0.3 is 5.73 Å². The van der Waals surface area contributed by atoms with Crippen LogP contribution in [0, 0.1) is 0 Å². The van der Waals surface area contributed by atoms with E-state index in [1.807, 2.05) is 0 Å². The number of benzene rings is 1. The molecule has 2 N–H and O–H groups in total. The standard InChI is InChI=1S/C7H6BrF2NS/c8-7(9,10)12-6-4-2-1-3-5(6)11/h1-4H,11H2. The zero-order valence-corrected chi connectivity index (χ0v) is 8.33. The van der Waals surface area contributed by atoms with Crippen LogP contribution in [0.25, 0.3) is 0 Å². The molecule has 0 aliphatic rings. The van der Waals surface area contributed by atoms with Crippen molar-refractivity contribution in [3.63, 3.8) is 0 Å². The van der Waals surface area contributed by atoms with Gasteiger partial charge in [0.2, 0.25) is 0 Å². The van der Waals surface area contributed by atoms with Crippen molar-refractivity contribution in [1.82, 2.24) is 0 Å². The average molecular weight is 254 g/mol. The smallest absolute Gasteiger partial charge is 0.353 e. The lowest BCUT2D eigenvalue weighted by Gasteiger charge is -2.08. The van der Waals surface area contributed by atoms with Crippen molar-refractivity contribution in [3.8, 4) is 0 Å². The zero-order valence-electron chi connectivity index (χ0n) is 5.93. The predicted octanol–water partition coefficient (Wildman–Crippen LogP) is 3.31. The maximum Gasteiger partial charge on any atom is 0.353 e. The maximum absolute atomic E-state index is 12.4. The Kier molecular flexibility index (Phi) is 2.95. The number of hydrogen-bond donors (Lipinski definition) is 1. The molecule has 0 amide bonds. The van der Waals surface area contributed by atoms with Crippen LogP contribution < -0.4 is 5.73 Å². The third-order valence-electron chi connectivity index (χ3n) is 1.14. The third-order valence-corrected chi connectivity index (χ3v) is 2.45. The van der Waals surface area contributed by atoms with Crippen molar-refractivity contribution in [2.45, 2.75) is 9.06 Å². The van der Waals surface area contributed by atoms with Gasteiger partial charge in [-0.25, -0.2) is 0 Å². The van der Waals surface area contributed by atoms with Crippen molar-refractivity contribution in [2.24, 2.45) is 0 Å². The van der Waals surface area contributed by atoms with E-state index in [9.17, 15) is 8.78 Å². The van der Waals surface area contributed by atoms with Gasteiger partial charge in [-0.3, -0.25) is 0 Å². The highest BCUT2D eigenvalue weighted by molar-refractivity contribution is 9.11. The van der Waals surface area contributed by atoms with E-state index in [0.717, 1.165) is 0 Å². The van der Waals surface area contributed by atoms with Crippen LogP contribution in [0.15, 0.2) is 29.2 Å². The lowest BCUT2D eigenvalue weighted by atomic mass is 10.3. The molecule has 0 bridgehead atoms. The summed E-state index contributed by atoms with van der Waals surface area (Å²) in [5.41, 5.74) is 5.82. The van der Waals surface area contributed by atoms with E-state index in [-0.39, 0.29) is 0 Å². The van der Waals surface area contributed by atoms with Gasteiger partial charge >= 0.3 is 4.16 Å². The van der Waals surface area contributed by atoms with Gasteiger partial charge in [-0.1, -0.05) is 12.1 Å². The van der Waals surface area contributed by atoms with Gasteiger partial charge in [0.1, 0.15) is 0 Å². The predicted molar refractivity (Wildman–Crippen MR) is 50.6 cm³/mol. The Morgan fingerprint density at radius 3 is 2.42 bits per heavy atom. The second kappa shape index (κ2) is 3.62. The Morgan fingerprint density at radius 2 is 1.92 bits per heavy atom. The third kappa shape index (κ3) is 2.98. The highest BCUT2D eigenvalue weighted by atomic mass is 79.9. The number of anilines is 1. The molecule has 0 aromatic heterocycles. The average Bonchev–Trinajstić information content (AvgIpc) is 1.91. The van der Waals surface area contributed by atoms with Crippen molar-refractivity contribution in [1.29, 1.82) is 0 Å². The maximum atomic E-state index is 12.4. The largest absolute Gasteiger partial charge is 0.398 e. The molecule has 12 heavy (non-hydrogen) atoms. The lowest BCUT2D eigenvalue weighted by molar-refractivity contribution is 0.221. The van der Waals surface area contributed by atoms with Crippen LogP contribution in [0.4, 0.5) is 14.5 Å². The quantitative estimate of drug-likeness (QED) is 0.497. The molecule has 0 atom stereocenters. The summed E-state index contributed by atoms with van der Waals surface area (Å²) in [6, 6.07) is 6.50. The van der Waals surface area contributed by atoms with Crippen LogP contribution in [-0.4, -0.2) is 4.16 Å². The first-order valence-electron chi connectivity index (χ1n) is 3.09. The van der Waals surface area contributed by atoms with Gasteiger partial charge in [0, 0.05) is 26.5 Å².